The van der Waals surface area contributed by atoms with E-state index in [-0.39, 0.29) is 18.9 Å². The summed E-state index contributed by atoms with van der Waals surface area (Å²) in [6.45, 7) is 6.67. The van der Waals surface area contributed by atoms with Crippen LogP contribution in [0.4, 0.5) is 4.39 Å². The van der Waals surface area contributed by atoms with Crippen LogP contribution >= 0.6 is 0 Å². The number of nitrogens with zero attached hydrogens (tertiary/aromatic N) is 1. The summed E-state index contributed by atoms with van der Waals surface area (Å²) < 4.78 is 23.8. The van der Waals surface area contributed by atoms with E-state index in [4.69, 9.17) is 9.47 Å². The average Bonchev–Trinajstić information content (AvgIpc) is 2.48. The number of piperidine rings is 1. The third-order valence-electron chi connectivity index (χ3n) is 3.64. The van der Waals surface area contributed by atoms with Gasteiger partial charge in [-0.3, -0.25) is 4.39 Å². The van der Waals surface area contributed by atoms with E-state index in [0.717, 1.165) is 44.0 Å². The Morgan fingerprint density at radius 1 is 1.14 bits per heavy atom. The van der Waals surface area contributed by atoms with Crippen LogP contribution in [-0.4, -0.2) is 43.4 Å². The van der Waals surface area contributed by atoms with Gasteiger partial charge in [0.05, 0.1) is 12.8 Å². The molecule has 1 saturated heterocycles. The normalized spacial score (nSPS) is 17.1. The lowest BCUT2D eigenvalue weighted by Gasteiger charge is -2.31. The molecule has 0 amide bonds. The number of rotatable bonds is 7. The molecular weight excluding hydrogens is 269 g/mol. The Kier molecular flexibility index (Phi) is 6.30. The Balaban J connectivity index is 1.75. The summed E-state index contributed by atoms with van der Waals surface area (Å²) in [5, 5.41) is 0. The van der Waals surface area contributed by atoms with Gasteiger partial charge < -0.3 is 14.4 Å². The van der Waals surface area contributed by atoms with Gasteiger partial charge in [0.2, 0.25) is 0 Å². The minimum absolute atomic E-state index is 0.186. The van der Waals surface area contributed by atoms with Crippen molar-refractivity contribution in [2.45, 2.75) is 45.3 Å². The Labute approximate surface area is 127 Å². The molecule has 1 heterocycles. The first-order valence-corrected chi connectivity index (χ1v) is 7.89. The molecule has 1 aromatic rings. The van der Waals surface area contributed by atoms with Crippen LogP contribution < -0.4 is 9.47 Å². The fourth-order valence-corrected chi connectivity index (χ4v) is 2.60. The quantitative estimate of drug-likeness (QED) is 0.766. The van der Waals surface area contributed by atoms with Gasteiger partial charge in [0.25, 0.3) is 0 Å². The molecule has 0 unspecified atom stereocenters. The average molecular weight is 295 g/mol. The maximum atomic E-state index is 12.2. The second-order valence-electron chi connectivity index (χ2n) is 5.84. The fourth-order valence-electron chi connectivity index (χ4n) is 2.60. The van der Waals surface area contributed by atoms with Gasteiger partial charge in [0, 0.05) is 19.6 Å². The molecule has 0 radical (unpaired) electrons. The smallest absolute Gasteiger partial charge is 0.119 e. The third kappa shape index (κ3) is 5.54. The molecule has 0 aromatic heterocycles. The highest BCUT2D eigenvalue weighted by molar-refractivity contribution is 5.31. The van der Waals surface area contributed by atoms with Crippen molar-refractivity contribution in [3.63, 3.8) is 0 Å². The van der Waals surface area contributed by atoms with Crippen molar-refractivity contribution < 1.29 is 13.9 Å². The highest BCUT2D eigenvalue weighted by Gasteiger charge is 2.20. The van der Waals surface area contributed by atoms with E-state index in [9.17, 15) is 4.39 Å². The Hall–Kier alpha value is -1.29. The molecule has 21 heavy (non-hydrogen) atoms. The van der Waals surface area contributed by atoms with Gasteiger partial charge in [0.1, 0.15) is 17.6 Å². The van der Waals surface area contributed by atoms with Gasteiger partial charge in [-0.15, -0.1) is 0 Å². The monoisotopic (exact) mass is 295 g/mol. The number of halogens is 1. The predicted molar refractivity (Wildman–Crippen MR) is 82.9 cm³/mol. The summed E-state index contributed by atoms with van der Waals surface area (Å²) in [4.78, 5) is 2.32. The molecule has 1 fully saturated rings. The largest absolute Gasteiger partial charge is 0.491 e. The van der Waals surface area contributed by atoms with E-state index >= 15 is 0 Å². The van der Waals surface area contributed by atoms with Crippen molar-refractivity contribution >= 4 is 0 Å². The van der Waals surface area contributed by atoms with Gasteiger partial charge >= 0.3 is 0 Å². The molecule has 118 valence electrons. The lowest BCUT2D eigenvalue weighted by atomic mass is 10.1. The van der Waals surface area contributed by atoms with Crippen molar-refractivity contribution in [3.8, 4) is 11.5 Å². The minimum atomic E-state index is -0.221. The molecule has 1 aromatic carbocycles. The van der Waals surface area contributed by atoms with E-state index in [2.05, 4.69) is 4.90 Å². The van der Waals surface area contributed by atoms with E-state index in [1.165, 1.54) is 0 Å². The summed E-state index contributed by atoms with van der Waals surface area (Å²) in [5.41, 5.74) is 0. The summed E-state index contributed by atoms with van der Waals surface area (Å²) in [6.07, 6.45) is 3.12. The van der Waals surface area contributed by atoms with Crippen molar-refractivity contribution in [1.29, 1.82) is 0 Å². The van der Waals surface area contributed by atoms with Crippen molar-refractivity contribution in [1.82, 2.24) is 4.90 Å². The SMILES string of the molecule is CC(C)Oc1ccc(OC2CCN(CCCF)CC2)cc1. The lowest BCUT2D eigenvalue weighted by Crippen LogP contribution is -2.38. The third-order valence-corrected chi connectivity index (χ3v) is 3.64. The van der Waals surface area contributed by atoms with Crippen LogP contribution in [-0.2, 0) is 0 Å². The topological polar surface area (TPSA) is 21.7 Å². The highest BCUT2D eigenvalue weighted by atomic mass is 19.1. The minimum Gasteiger partial charge on any atom is -0.491 e. The number of hydrogen-bond donors (Lipinski definition) is 0. The maximum absolute atomic E-state index is 12.2. The molecular formula is C17H26FNO2. The number of benzene rings is 1. The number of likely N-dealkylation sites (tertiary alicyclic amines) is 1. The van der Waals surface area contributed by atoms with Gasteiger partial charge in [0.15, 0.2) is 0 Å². The summed E-state index contributed by atoms with van der Waals surface area (Å²) in [6, 6.07) is 7.83. The number of alkyl halides is 1. The highest BCUT2D eigenvalue weighted by Crippen LogP contribution is 2.22. The van der Waals surface area contributed by atoms with Crippen LogP contribution in [0.2, 0.25) is 0 Å². The van der Waals surface area contributed by atoms with Crippen molar-refractivity contribution in [2.24, 2.45) is 0 Å². The van der Waals surface area contributed by atoms with Crippen LogP contribution in [0.25, 0.3) is 0 Å². The molecule has 0 bridgehead atoms. The molecule has 1 aliphatic rings. The number of hydrogen-bond acceptors (Lipinski definition) is 3. The zero-order chi connectivity index (χ0) is 15.1. The molecule has 0 saturated carbocycles. The summed E-state index contributed by atoms with van der Waals surface area (Å²) in [7, 11) is 0. The second-order valence-corrected chi connectivity index (χ2v) is 5.84. The van der Waals surface area contributed by atoms with E-state index in [0.29, 0.717) is 6.42 Å². The predicted octanol–water partition coefficient (Wildman–Crippen LogP) is 3.68. The molecule has 0 spiro atoms. The maximum Gasteiger partial charge on any atom is 0.119 e. The second kappa shape index (κ2) is 8.23. The fraction of sp³-hybridized carbons (Fsp3) is 0.647. The molecule has 1 aliphatic heterocycles. The first-order chi connectivity index (χ1) is 10.2. The molecule has 4 heteroatoms. The molecule has 0 N–H and O–H groups in total. The van der Waals surface area contributed by atoms with Gasteiger partial charge in [-0.1, -0.05) is 0 Å². The van der Waals surface area contributed by atoms with Crippen LogP contribution in [0.3, 0.4) is 0 Å². The van der Waals surface area contributed by atoms with Gasteiger partial charge in [-0.05, 0) is 57.4 Å². The van der Waals surface area contributed by atoms with Crippen LogP contribution in [0, 0.1) is 0 Å². The van der Waals surface area contributed by atoms with Crippen molar-refractivity contribution in [2.75, 3.05) is 26.3 Å². The van der Waals surface area contributed by atoms with Crippen LogP contribution in [0.5, 0.6) is 11.5 Å². The van der Waals surface area contributed by atoms with Gasteiger partial charge in [-0.2, -0.15) is 0 Å². The standard InChI is InChI=1S/C17H26FNO2/c1-14(2)20-15-4-6-16(7-5-15)21-17-8-12-19(13-9-17)11-3-10-18/h4-7,14,17H,3,8-13H2,1-2H3. The zero-order valence-corrected chi connectivity index (χ0v) is 13.1. The van der Waals surface area contributed by atoms with E-state index in [1.807, 2.05) is 38.1 Å². The Morgan fingerprint density at radius 2 is 1.76 bits per heavy atom. The van der Waals surface area contributed by atoms with Crippen molar-refractivity contribution in [3.05, 3.63) is 24.3 Å². The Bertz CT molecular complexity index is 400. The molecule has 3 nitrogen and oxygen atoms in total. The first kappa shape index (κ1) is 16.1. The summed E-state index contributed by atoms with van der Waals surface area (Å²) in [5.74, 6) is 1.77. The van der Waals surface area contributed by atoms with E-state index in [1.54, 1.807) is 0 Å². The molecule has 0 atom stereocenters. The first-order valence-electron chi connectivity index (χ1n) is 7.89. The summed E-state index contributed by atoms with van der Waals surface area (Å²) >= 11 is 0. The molecule has 0 aliphatic carbocycles. The zero-order valence-electron chi connectivity index (χ0n) is 13.1. The van der Waals surface area contributed by atoms with E-state index < -0.39 is 0 Å². The number of ether oxygens (including phenoxy) is 2. The molecule has 2 rings (SSSR count). The van der Waals surface area contributed by atoms with Crippen LogP contribution in [0.15, 0.2) is 24.3 Å². The lowest BCUT2D eigenvalue weighted by molar-refractivity contribution is 0.0987. The van der Waals surface area contributed by atoms with Crippen LogP contribution in [0.1, 0.15) is 33.1 Å². The van der Waals surface area contributed by atoms with Gasteiger partial charge in [-0.25, -0.2) is 0 Å². The Morgan fingerprint density at radius 3 is 2.33 bits per heavy atom.